The molecule has 1 saturated carbocycles. The third-order valence-electron chi connectivity index (χ3n) is 7.47. The fourth-order valence-electron chi connectivity index (χ4n) is 5.30. The van der Waals surface area contributed by atoms with Crippen LogP contribution in [0, 0.1) is 17.6 Å². The Balaban J connectivity index is 1.26. The molecule has 1 aliphatic carbocycles. The zero-order valence-electron chi connectivity index (χ0n) is 20.1. The van der Waals surface area contributed by atoms with Crippen LogP contribution in [0.15, 0.2) is 60.7 Å². The lowest BCUT2D eigenvalue weighted by atomic mass is 9.76. The highest BCUT2D eigenvalue weighted by Crippen LogP contribution is 2.38. The Morgan fingerprint density at radius 3 is 2.18 bits per heavy atom. The largest absolute Gasteiger partial charge is 0.206 e. The molecule has 4 rings (SSSR count). The van der Waals surface area contributed by atoms with Crippen LogP contribution in [0.4, 0.5) is 8.78 Å². The van der Waals surface area contributed by atoms with E-state index in [0.29, 0.717) is 23.0 Å². The number of unbranched alkanes of at least 4 members (excludes halogenated alkanes) is 2. The molecule has 0 N–H and O–H groups in total. The van der Waals surface area contributed by atoms with Crippen molar-refractivity contribution in [3.05, 3.63) is 94.0 Å². The average molecular weight is 481 g/mol. The van der Waals surface area contributed by atoms with E-state index in [1.165, 1.54) is 74.6 Å². The highest BCUT2D eigenvalue weighted by atomic mass is 35.5. The molecule has 1 fully saturated rings. The Morgan fingerprint density at radius 1 is 0.765 bits per heavy atom. The third kappa shape index (κ3) is 6.48. The van der Waals surface area contributed by atoms with Crippen LogP contribution >= 0.6 is 11.6 Å². The molecule has 0 saturated heterocycles. The second-order valence-corrected chi connectivity index (χ2v) is 10.3. The minimum Gasteiger partial charge on any atom is -0.206 e. The second kappa shape index (κ2) is 12.0. The summed E-state index contributed by atoms with van der Waals surface area (Å²) in [6, 6.07) is 19.1. The van der Waals surface area contributed by atoms with Gasteiger partial charge in [0.15, 0.2) is 0 Å². The topological polar surface area (TPSA) is 0 Å². The van der Waals surface area contributed by atoms with E-state index in [0.717, 1.165) is 18.4 Å². The molecule has 0 nitrogen and oxygen atoms in total. The average Bonchev–Trinajstić information content (AvgIpc) is 2.86. The molecule has 34 heavy (non-hydrogen) atoms. The number of benzene rings is 3. The fourth-order valence-corrected chi connectivity index (χ4v) is 5.42. The lowest BCUT2D eigenvalue weighted by Crippen LogP contribution is -2.14. The molecule has 0 spiro atoms. The highest BCUT2D eigenvalue weighted by Gasteiger charge is 2.22. The molecule has 0 radical (unpaired) electrons. The van der Waals surface area contributed by atoms with E-state index in [9.17, 15) is 8.78 Å². The smallest absolute Gasteiger partial charge is 0.142 e. The molecule has 0 atom stereocenters. The van der Waals surface area contributed by atoms with Crippen molar-refractivity contribution in [3.63, 3.8) is 0 Å². The summed E-state index contributed by atoms with van der Waals surface area (Å²) < 4.78 is 28.5. The number of halogens is 3. The first kappa shape index (κ1) is 24.9. The Bertz CT molecular complexity index is 1070. The first-order chi connectivity index (χ1) is 16.5. The van der Waals surface area contributed by atoms with Crippen LogP contribution in [0.5, 0.6) is 0 Å². The van der Waals surface area contributed by atoms with Gasteiger partial charge in [-0.15, -0.1) is 0 Å². The van der Waals surface area contributed by atoms with Crippen LogP contribution < -0.4 is 0 Å². The van der Waals surface area contributed by atoms with Crippen molar-refractivity contribution in [3.8, 4) is 11.1 Å². The molecule has 0 bridgehead atoms. The summed E-state index contributed by atoms with van der Waals surface area (Å²) in [6.07, 6.45) is 12.0. The van der Waals surface area contributed by atoms with E-state index < -0.39 is 5.82 Å². The van der Waals surface area contributed by atoms with E-state index in [1.807, 2.05) is 6.07 Å². The van der Waals surface area contributed by atoms with Gasteiger partial charge in [0, 0.05) is 5.56 Å². The zero-order valence-corrected chi connectivity index (χ0v) is 20.9. The second-order valence-electron chi connectivity index (χ2n) is 9.90. The van der Waals surface area contributed by atoms with Crippen LogP contribution in [0.3, 0.4) is 0 Å². The monoisotopic (exact) mass is 480 g/mol. The van der Waals surface area contributed by atoms with Crippen molar-refractivity contribution in [1.82, 2.24) is 0 Å². The van der Waals surface area contributed by atoms with Gasteiger partial charge in [-0.1, -0.05) is 73.8 Å². The van der Waals surface area contributed by atoms with Gasteiger partial charge in [0.1, 0.15) is 11.6 Å². The summed E-state index contributed by atoms with van der Waals surface area (Å²) in [7, 11) is 0. The Hall–Kier alpha value is -2.19. The fraction of sp³-hybridized carbons (Fsp3) is 0.419. The van der Waals surface area contributed by atoms with Gasteiger partial charge < -0.3 is 0 Å². The molecular formula is C31H35ClF2. The van der Waals surface area contributed by atoms with Crippen LogP contribution in [0.1, 0.15) is 80.9 Å². The van der Waals surface area contributed by atoms with Gasteiger partial charge in [-0.3, -0.25) is 0 Å². The molecule has 0 heterocycles. The predicted octanol–water partition coefficient (Wildman–Crippen LogP) is 9.92. The van der Waals surface area contributed by atoms with E-state index >= 15 is 0 Å². The van der Waals surface area contributed by atoms with E-state index in [4.69, 9.17) is 11.6 Å². The molecule has 0 unspecified atom stereocenters. The van der Waals surface area contributed by atoms with Crippen LogP contribution in [0.2, 0.25) is 5.02 Å². The van der Waals surface area contributed by atoms with Gasteiger partial charge in [-0.2, -0.15) is 0 Å². The summed E-state index contributed by atoms with van der Waals surface area (Å²) in [4.78, 5) is 0. The number of rotatable bonds is 9. The quantitative estimate of drug-likeness (QED) is 0.267. The van der Waals surface area contributed by atoms with Gasteiger partial charge >= 0.3 is 0 Å². The molecule has 3 heteroatoms. The lowest BCUT2D eigenvalue weighted by molar-refractivity contribution is 0.310. The Morgan fingerprint density at radius 2 is 1.50 bits per heavy atom. The maximum atomic E-state index is 14.7. The van der Waals surface area contributed by atoms with Gasteiger partial charge in [-0.05, 0) is 104 Å². The van der Waals surface area contributed by atoms with Crippen molar-refractivity contribution in [2.45, 2.75) is 77.0 Å². The van der Waals surface area contributed by atoms with Crippen molar-refractivity contribution in [1.29, 1.82) is 0 Å². The summed E-state index contributed by atoms with van der Waals surface area (Å²) >= 11 is 5.75. The number of hydrogen-bond acceptors (Lipinski definition) is 0. The normalized spacial score (nSPS) is 18.2. The summed E-state index contributed by atoms with van der Waals surface area (Å²) in [5.41, 5.74) is 4.89. The maximum Gasteiger partial charge on any atom is 0.142 e. The van der Waals surface area contributed by atoms with Crippen LogP contribution in [-0.2, 0) is 12.8 Å². The van der Waals surface area contributed by atoms with Gasteiger partial charge in [-0.25, -0.2) is 8.78 Å². The first-order valence-electron chi connectivity index (χ1n) is 12.9. The Labute approximate surface area is 208 Å². The van der Waals surface area contributed by atoms with Crippen molar-refractivity contribution < 1.29 is 8.78 Å². The minimum atomic E-state index is -0.527. The van der Waals surface area contributed by atoms with E-state index in [2.05, 4.69) is 31.2 Å². The summed E-state index contributed by atoms with van der Waals surface area (Å²) in [5, 5.41) is 0.0509. The maximum absolute atomic E-state index is 14.7. The van der Waals surface area contributed by atoms with E-state index in [1.54, 1.807) is 18.2 Å². The molecule has 0 aliphatic heterocycles. The molecule has 3 aromatic carbocycles. The molecule has 0 aromatic heterocycles. The summed E-state index contributed by atoms with van der Waals surface area (Å²) in [6.45, 7) is 2.25. The van der Waals surface area contributed by atoms with Crippen molar-refractivity contribution in [2.75, 3.05) is 0 Å². The van der Waals surface area contributed by atoms with Crippen molar-refractivity contribution in [2.24, 2.45) is 5.92 Å². The standard InChI is InChI=1S/C31H35ClF2/c1-2-3-4-5-22-8-13-25(14-9-22)26-15-10-23(11-16-26)6-7-24-12-18-28(30(33)20-24)27-17-19-29(32)31(34)21-27/h8-9,12-14,17-21,23,26H,2-7,10-11,15-16H2,1H3. The number of aryl methyl sites for hydroxylation is 2. The highest BCUT2D eigenvalue weighted by molar-refractivity contribution is 6.30. The van der Waals surface area contributed by atoms with Crippen molar-refractivity contribution >= 4 is 11.6 Å². The first-order valence-corrected chi connectivity index (χ1v) is 13.2. The van der Waals surface area contributed by atoms with Crippen LogP contribution in [0.25, 0.3) is 11.1 Å². The van der Waals surface area contributed by atoms with Gasteiger partial charge in [0.05, 0.1) is 5.02 Å². The predicted molar refractivity (Wildman–Crippen MR) is 139 cm³/mol. The molecule has 1 aliphatic rings. The van der Waals surface area contributed by atoms with Gasteiger partial charge in [0.2, 0.25) is 0 Å². The molecular weight excluding hydrogens is 446 g/mol. The Kier molecular flexibility index (Phi) is 8.78. The lowest BCUT2D eigenvalue weighted by Gasteiger charge is -2.29. The molecule has 180 valence electrons. The zero-order chi connectivity index (χ0) is 23.9. The summed E-state index contributed by atoms with van der Waals surface area (Å²) in [5.74, 6) is 0.553. The third-order valence-corrected chi connectivity index (χ3v) is 7.78. The molecule has 0 amide bonds. The van der Waals surface area contributed by atoms with E-state index in [-0.39, 0.29) is 10.8 Å². The van der Waals surface area contributed by atoms with Crippen LogP contribution in [-0.4, -0.2) is 0 Å². The minimum absolute atomic E-state index is 0.0509. The SMILES string of the molecule is CCCCCc1ccc(C2CCC(CCc3ccc(-c4ccc(Cl)c(F)c4)c(F)c3)CC2)cc1. The molecule has 3 aromatic rings. The van der Waals surface area contributed by atoms with Gasteiger partial charge in [0.25, 0.3) is 0 Å². The number of hydrogen-bond donors (Lipinski definition) is 0.